The molecule has 0 aromatic heterocycles. The average Bonchev–Trinajstić information content (AvgIpc) is 2.80. The predicted octanol–water partition coefficient (Wildman–Crippen LogP) is 3.27. The minimum atomic E-state index is -0.414. The van der Waals surface area contributed by atoms with Crippen molar-refractivity contribution in [3.8, 4) is 0 Å². The molecule has 1 atom stereocenters. The lowest BCUT2D eigenvalue weighted by atomic mass is 10.2. The van der Waals surface area contributed by atoms with Crippen LogP contribution in [0.5, 0.6) is 0 Å². The Bertz CT molecular complexity index is 439. The molecule has 1 aromatic carbocycles. The summed E-state index contributed by atoms with van der Waals surface area (Å²) in [6.07, 6.45) is 1.19. The number of ether oxygens (including phenoxy) is 1. The lowest BCUT2D eigenvalue weighted by Gasteiger charge is -2.14. The quantitative estimate of drug-likeness (QED) is 0.843. The van der Waals surface area contributed by atoms with E-state index in [4.69, 9.17) is 39.5 Å². The number of rotatable bonds is 3. The van der Waals surface area contributed by atoms with E-state index in [2.05, 4.69) is 10.9 Å². The molecule has 1 unspecified atom stereocenters. The molecule has 2 N–H and O–H groups in total. The van der Waals surface area contributed by atoms with Crippen molar-refractivity contribution < 1.29 is 9.53 Å². The highest BCUT2D eigenvalue weighted by Crippen LogP contribution is 2.33. The number of carbonyl (C=O) groups is 1. The first-order valence-electron chi connectivity index (χ1n) is 5.40. The zero-order valence-electron chi connectivity index (χ0n) is 9.30. The number of hydrazine groups is 1. The van der Waals surface area contributed by atoms with E-state index in [-0.39, 0.29) is 5.91 Å². The first-order valence-corrected chi connectivity index (χ1v) is 6.53. The van der Waals surface area contributed by atoms with Crippen LogP contribution in [-0.2, 0) is 9.53 Å². The maximum Gasteiger partial charge on any atom is 0.267 e. The summed E-state index contributed by atoms with van der Waals surface area (Å²) < 4.78 is 5.24. The van der Waals surface area contributed by atoms with Crippen LogP contribution >= 0.6 is 34.8 Å². The minimum absolute atomic E-state index is 0.241. The molecule has 1 aliphatic heterocycles. The Balaban J connectivity index is 1.99. The summed E-state index contributed by atoms with van der Waals surface area (Å²) in [5.41, 5.74) is 5.61. The second-order valence-electron chi connectivity index (χ2n) is 3.86. The van der Waals surface area contributed by atoms with Crippen LogP contribution in [0.2, 0.25) is 15.1 Å². The van der Waals surface area contributed by atoms with Gasteiger partial charge in [0.15, 0.2) is 0 Å². The van der Waals surface area contributed by atoms with Gasteiger partial charge in [0.25, 0.3) is 5.91 Å². The van der Waals surface area contributed by atoms with Crippen LogP contribution in [0, 0.1) is 0 Å². The van der Waals surface area contributed by atoms with Gasteiger partial charge in [0.05, 0.1) is 15.7 Å². The van der Waals surface area contributed by atoms with Crippen LogP contribution in [0.25, 0.3) is 0 Å². The van der Waals surface area contributed by atoms with E-state index >= 15 is 0 Å². The van der Waals surface area contributed by atoms with Gasteiger partial charge in [-0.25, -0.2) is 0 Å². The topological polar surface area (TPSA) is 50.4 Å². The highest BCUT2D eigenvalue weighted by Gasteiger charge is 2.23. The van der Waals surface area contributed by atoms with Crippen molar-refractivity contribution in [3.63, 3.8) is 0 Å². The molecular formula is C11H11Cl3N2O2. The van der Waals surface area contributed by atoms with Crippen LogP contribution in [0.15, 0.2) is 12.1 Å². The molecule has 1 aliphatic rings. The fourth-order valence-corrected chi connectivity index (χ4v) is 2.56. The monoisotopic (exact) mass is 308 g/mol. The number of benzene rings is 1. The maximum absolute atomic E-state index is 11.7. The molecule has 2 rings (SSSR count). The van der Waals surface area contributed by atoms with E-state index in [1.807, 2.05) is 0 Å². The summed E-state index contributed by atoms with van der Waals surface area (Å²) in [4.78, 5) is 11.7. The molecule has 0 aliphatic carbocycles. The molecular weight excluding hydrogens is 298 g/mol. The molecule has 1 aromatic rings. The van der Waals surface area contributed by atoms with Crippen LogP contribution in [0.4, 0.5) is 5.69 Å². The van der Waals surface area contributed by atoms with Gasteiger partial charge in [-0.05, 0) is 25.0 Å². The van der Waals surface area contributed by atoms with Gasteiger partial charge >= 0.3 is 0 Å². The van der Waals surface area contributed by atoms with Crippen LogP contribution in [-0.4, -0.2) is 18.6 Å². The first-order chi connectivity index (χ1) is 8.58. The second kappa shape index (κ2) is 5.97. The Hall–Kier alpha value is -0.680. The highest BCUT2D eigenvalue weighted by molar-refractivity contribution is 6.41. The Morgan fingerprint density at radius 2 is 1.94 bits per heavy atom. The van der Waals surface area contributed by atoms with Gasteiger partial charge in [-0.3, -0.25) is 15.6 Å². The molecule has 1 amide bonds. The normalized spacial score (nSPS) is 18.7. The number of halogens is 3. The number of amides is 1. The molecule has 0 bridgehead atoms. The Labute approximate surface area is 120 Å². The molecule has 0 radical (unpaired) electrons. The SMILES string of the molecule is O=C(NNc1c(Cl)cc(Cl)cc1Cl)C1CCCO1. The molecule has 0 saturated carbocycles. The van der Waals surface area contributed by atoms with E-state index in [0.29, 0.717) is 27.4 Å². The fourth-order valence-electron chi connectivity index (χ4n) is 1.65. The lowest BCUT2D eigenvalue weighted by Crippen LogP contribution is -2.38. The fraction of sp³-hybridized carbons (Fsp3) is 0.364. The zero-order chi connectivity index (χ0) is 13.1. The summed E-state index contributed by atoms with van der Waals surface area (Å²) in [5, 5.41) is 1.10. The van der Waals surface area contributed by atoms with Crippen LogP contribution in [0.1, 0.15) is 12.8 Å². The molecule has 1 saturated heterocycles. The van der Waals surface area contributed by atoms with Crippen LogP contribution in [0.3, 0.4) is 0 Å². The third kappa shape index (κ3) is 3.20. The van der Waals surface area contributed by atoms with E-state index in [1.54, 1.807) is 0 Å². The van der Waals surface area contributed by atoms with Crippen molar-refractivity contribution in [1.29, 1.82) is 0 Å². The summed E-state index contributed by atoms with van der Waals surface area (Å²) in [6.45, 7) is 0.612. The summed E-state index contributed by atoms with van der Waals surface area (Å²) >= 11 is 17.7. The maximum atomic E-state index is 11.7. The van der Waals surface area contributed by atoms with Crippen molar-refractivity contribution in [3.05, 3.63) is 27.2 Å². The van der Waals surface area contributed by atoms with Crippen molar-refractivity contribution >= 4 is 46.4 Å². The molecule has 4 nitrogen and oxygen atoms in total. The van der Waals surface area contributed by atoms with Crippen molar-refractivity contribution in [2.75, 3.05) is 12.0 Å². The molecule has 1 heterocycles. The molecule has 98 valence electrons. The molecule has 0 spiro atoms. The van der Waals surface area contributed by atoms with E-state index < -0.39 is 6.10 Å². The Morgan fingerprint density at radius 3 is 2.50 bits per heavy atom. The van der Waals surface area contributed by atoms with Gasteiger partial charge in [-0.2, -0.15) is 0 Å². The van der Waals surface area contributed by atoms with Gasteiger partial charge in [-0.15, -0.1) is 0 Å². The number of nitrogens with one attached hydrogen (secondary N) is 2. The zero-order valence-corrected chi connectivity index (χ0v) is 11.6. The van der Waals surface area contributed by atoms with Crippen molar-refractivity contribution in [2.45, 2.75) is 18.9 Å². The molecule has 7 heteroatoms. The Morgan fingerprint density at radius 1 is 1.28 bits per heavy atom. The van der Waals surface area contributed by atoms with Gasteiger partial charge in [-0.1, -0.05) is 34.8 Å². The van der Waals surface area contributed by atoms with E-state index in [0.717, 1.165) is 12.8 Å². The van der Waals surface area contributed by atoms with Crippen molar-refractivity contribution in [2.24, 2.45) is 0 Å². The van der Waals surface area contributed by atoms with Gasteiger partial charge < -0.3 is 4.74 Å². The number of hydrogen-bond acceptors (Lipinski definition) is 3. The summed E-state index contributed by atoms with van der Waals surface area (Å²) in [6, 6.07) is 3.07. The number of carbonyl (C=O) groups excluding carboxylic acids is 1. The van der Waals surface area contributed by atoms with Crippen molar-refractivity contribution in [1.82, 2.24) is 5.43 Å². The highest BCUT2D eigenvalue weighted by atomic mass is 35.5. The van der Waals surface area contributed by atoms with Crippen LogP contribution < -0.4 is 10.9 Å². The third-order valence-corrected chi connectivity index (χ3v) is 3.35. The summed E-state index contributed by atoms with van der Waals surface area (Å²) in [5.74, 6) is -0.241. The standard InChI is InChI=1S/C11H11Cl3N2O2/c12-6-4-7(13)10(8(14)5-6)15-16-11(17)9-2-1-3-18-9/h4-5,9,15H,1-3H2,(H,16,17). The van der Waals surface area contributed by atoms with E-state index in [9.17, 15) is 4.79 Å². The largest absolute Gasteiger partial charge is 0.368 e. The average molecular weight is 310 g/mol. The molecule has 18 heavy (non-hydrogen) atoms. The summed E-state index contributed by atoms with van der Waals surface area (Å²) in [7, 11) is 0. The van der Waals surface area contributed by atoms with Gasteiger partial charge in [0, 0.05) is 11.6 Å². The van der Waals surface area contributed by atoms with Gasteiger partial charge in [0.1, 0.15) is 6.10 Å². The van der Waals surface area contributed by atoms with Gasteiger partial charge in [0.2, 0.25) is 0 Å². The molecule has 1 fully saturated rings. The van der Waals surface area contributed by atoms with E-state index in [1.165, 1.54) is 12.1 Å². The Kier molecular flexibility index (Phi) is 4.56. The first kappa shape index (κ1) is 13.7. The third-order valence-electron chi connectivity index (χ3n) is 2.54. The smallest absolute Gasteiger partial charge is 0.267 e. The minimum Gasteiger partial charge on any atom is -0.368 e. The second-order valence-corrected chi connectivity index (χ2v) is 5.11. The predicted molar refractivity (Wildman–Crippen MR) is 72.2 cm³/mol. The number of hydrogen-bond donors (Lipinski definition) is 2. The number of anilines is 1. The lowest BCUT2D eigenvalue weighted by molar-refractivity contribution is -0.129.